The highest BCUT2D eigenvalue weighted by molar-refractivity contribution is 7.92. The van der Waals surface area contributed by atoms with E-state index in [4.69, 9.17) is 4.74 Å². The second-order valence-corrected chi connectivity index (χ2v) is 9.96. The van der Waals surface area contributed by atoms with Crippen molar-refractivity contribution in [3.63, 3.8) is 0 Å². The van der Waals surface area contributed by atoms with Crippen LogP contribution >= 0.6 is 0 Å². The Morgan fingerprint density at radius 2 is 1.70 bits per heavy atom. The highest BCUT2D eigenvalue weighted by Crippen LogP contribution is 2.31. The van der Waals surface area contributed by atoms with Crippen molar-refractivity contribution >= 4 is 21.6 Å². The molecule has 3 aromatic rings. The van der Waals surface area contributed by atoms with Gasteiger partial charge in [0.2, 0.25) is 0 Å². The van der Waals surface area contributed by atoms with Crippen LogP contribution in [0, 0.1) is 5.82 Å². The standard InChI is InChI=1S/C25H25FN2O4S/c1-27(21-12-14-23(32-2)15-13-21)33(30,31)24-5-3-4-19(16-24)25(29)28(22-10-11-22)17-18-6-8-20(26)9-7-18/h3-9,12-16,22H,10-11,17H2,1-2H3. The van der Waals surface area contributed by atoms with Gasteiger partial charge in [0.05, 0.1) is 17.7 Å². The van der Waals surface area contributed by atoms with Crippen LogP contribution in [0.25, 0.3) is 0 Å². The van der Waals surface area contributed by atoms with E-state index >= 15 is 0 Å². The molecule has 1 amide bonds. The molecule has 0 bridgehead atoms. The van der Waals surface area contributed by atoms with Gasteiger partial charge in [-0.25, -0.2) is 12.8 Å². The van der Waals surface area contributed by atoms with Crippen LogP contribution in [-0.4, -0.2) is 39.4 Å². The molecule has 3 aromatic carbocycles. The fourth-order valence-corrected chi connectivity index (χ4v) is 4.83. The summed E-state index contributed by atoms with van der Waals surface area (Å²) in [5.74, 6) is 0.0476. The maximum absolute atomic E-state index is 13.3. The number of methoxy groups -OCH3 is 1. The van der Waals surface area contributed by atoms with Crippen molar-refractivity contribution in [3.8, 4) is 5.75 Å². The van der Waals surface area contributed by atoms with E-state index < -0.39 is 10.0 Å². The predicted molar refractivity (Wildman–Crippen MR) is 124 cm³/mol. The molecular formula is C25H25FN2O4S. The lowest BCUT2D eigenvalue weighted by Crippen LogP contribution is -2.33. The monoisotopic (exact) mass is 468 g/mol. The summed E-state index contributed by atoms with van der Waals surface area (Å²) in [5, 5.41) is 0. The van der Waals surface area contributed by atoms with E-state index in [-0.39, 0.29) is 22.7 Å². The summed E-state index contributed by atoms with van der Waals surface area (Å²) in [6.45, 7) is 0.340. The molecule has 0 spiro atoms. The van der Waals surface area contributed by atoms with Crippen molar-refractivity contribution in [3.05, 3.63) is 89.7 Å². The van der Waals surface area contributed by atoms with Crippen LogP contribution in [-0.2, 0) is 16.6 Å². The van der Waals surface area contributed by atoms with Gasteiger partial charge in [-0.15, -0.1) is 0 Å². The molecule has 1 fully saturated rings. The number of hydrogen-bond donors (Lipinski definition) is 0. The number of anilines is 1. The summed E-state index contributed by atoms with van der Waals surface area (Å²) < 4.78 is 46.0. The molecule has 0 saturated heterocycles. The molecule has 0 unspecified atom stereocenters. The quantitative estimate of drug-likeness (QED) is 0.490. The molecule has 0 radical (unpaired) electrons. The van der Waals surface area contributed by atoms with Crippen molar-refractivity contribution in [1.29, 1.82) is 0 Å². The number of carbonyl (C=O) groups excluding carboxylic acids is 1. The lowest BCUT2D eigenvalue weighted by molar-refractivity contribution is 0.0729. The first-order valence-corrected chi connectivity index (χ1v) is 12.0. The fraction of sp³-hybridized carbons (Fsp3) is 0.240. The van der Waals surface area contributed by atoms with Gasteiger partial charge in [-0.1, -0.05) is 18.2 Å². The van der Waals surface area contributed by atoms with Crippen LogP contribution in [0.5, 0.6) is 5.75 Å². The van der Waals surface area contributed by atoms with E-state index in [0.29, 0.717) is 23.5 Å². The minimum absolute atomic E-state index is 0.0317. The Morgan fingerprint density at radius 1 is 1.03 bits per heavy atom. The largest absolute Gasteiger partial charge is 0.497 e. The highest BCUT2D eigenvalue weighted by atomic mass is 32.2. The fourth-order valence-electron chi connectivity index (χ4n) is 3.58. The molecule has 1 aliphatic carbocycles. The van der Waals surface area contributed by atoms with Gasteiger partial charge in [0, 0.05) is 25.2 Å². The lowest BCUT2D eigenvalue weighted by atomic mass is 10.1. The zero-order valence-electron chi connectivity index (χ0n) is 18.4. The first kappa shape index (κ1) is 22.8. The number of ether oxygens (including phenoxy) is 1. The molecule has 1 aliphatic rings. The van der Waals surface area contributed by atoms with Gasteiger partial charge in [0.25, 0.3) is 15.9 Å². The van der Waals surface area contributed by atoms with Gasteiger partial charge >= 0.3 is 0 Å². The summed E-state index contributed by atoms with van der Waals surface area (Å²) in [5.41, 5.74) is 1.59. The Labute approximate surface area is 193 Å². The minimum Gasteiger partial charge on any atom is -0.497 e. The molecule has 0 N–H and O–H groups in total. The van der Waals surface area contributed by atoms with Crippen LogP contribution < -0.4 is 9.04 Å². The Hall–Kier alpha value is -3.39. The highest BCUT2D eigenvalue weighted by Gasteiger charge is 2.33. The first-order chi connectivity index (χ1) is 15.8. The van der Waals surface area contributed by atoms with Crippen molar-refractivity contribution in [2.45, 2.75) is 30.3 Å². The second kappa shape index (κ2) is 9.23. The van der Waals surface area contributed by atoms with E-state index in [1.54, 1.807) is 60.5 Å². The molecule has 0 aromatic heterocycles. The Kier molecular flexibility index (Phi) is 6.37. The van der Waals surface area contributed by atoms with Gasteiger partial charge < -0.3 is 9.64 Å². The van der Waals surface area contributed by atoms with E-state index in [2.05, 4.69) is 0 Å². The van der Waals surface area contributed by atoms with Crippen LogP contribution in [0.4, 0.5) is 10.1 Å². The molecule has 6 nitrogen and oxygen atoms in total. The van der Waals surface area contributed by atoms with Crippen LogP contribution in [0.1, 0.15) is 28.8 Å². The summed E-state index contributed by atoms with van der Waals surface area (Å²) in [6.07, 6.45) is 1.79. The Balaban J connectivity index is 1.58. The van der Waals surface area contributed by atoms with Crippen LogP contribution in [0.3, 0.4) is 0 Å². The van der Waals surface area contributed by atoms with Crippen molar-refractivity contribution in [1.82, 2.24) is 4.90 Å². The minimum atomic E-state index is -3.88. The molecule has 0 atom stereocenters. The summed E-state index contributed by atoms with van der Waals surface area (Å²) in [7, 11) is -0.872. The maximum atomic E-state index is 13.3. The van der Waals surface area contributed by atoms with Gasteiger partial charge in [-0.3, -0.25) is 9.10 Å². The van der Waals surface area contributed by atoms with Crippen molar-refractivity contribution < 1.29 is 22.3 Å². The molecular weight excluding hydrogens is 443 g/mol. The van der Waals surface area contributed by atoms with Gasteiger partial charge in [-0.2, -0.15) is 0 Å². The molecule has 8 heteroatoms. The first-order valence-electron chi connectivity index (χ1n) is 10.6. The summed E-state index contributed by atoms with van der Waals surface area (Å²) >= 11 is 0. The third-order valence-electron chi connectivity index (χ3n) is 5.69. The topological polar surface area (TPSA) is 66.9 Å². The SMILES string of the molecule is COc1ccc(N(C)S(=O)(=O)c2cccc(C(=O)N(Cc3ccc(F)cc3)C3CC3)c2)cc1. The van der Waals surface area contributed by atoms with Gasteiger partial charge in [0.1, 0.15) is 11.6 Å². The third-order valence-corrected chi connectivity index (χ3v) is 7.47. The molecule has 0 heterocycles. The third kappa shape index (κ3) is 5.01. The molecule has 1 saturated carbocycles. The maximum Gasteiger partial charge on any atom is 0.264 e. The number of amides is 1. The predicted octanol–water partition coefficient (Wildman–Crippen LogP) is 4.46. The number of rotatable bonds is 8. The lowest BCUT2D eigenvalue weighted by Gasteiger charge is -2.24. The average molecular weight is 469 g/mol. The van der Waals surface area contributed by atoms with Gasteiger partial charge in [0.15, 0.2) is 0 Å². The number of nitrogens with zero attached hydrogens (tertiary/aromatic N) is 2. The molecule has 4 rings (SSSR count). The molecule has 33 heavy (non-hydrogen) atoms. The van der Waals surface area contributed by atoms with Crippen LogP contribution in [0.15, 0.2) is 77.7 Å². The van der Waals surface area contributed by atoms with Crippen molar-refractivity contribution in [2.75, 3.05) is 18.5 Å². The average Bonchev–Trinajstić information content (AvgIpc) is 3.68. The number of hydrogen-bond acceptors (Lipinski definition) is 4. The number of benzene rings is 3. The molecule has 172 valence electrons. The van der Waals surface area contributed by atoms with E-state index in [0.717, 1.165) is 18.4 Å². The zero-order chi connectivity index (χ0) is 23.6. The summed E-state index contributed by atoms with van der Waals surface area (Å²) in [6, 6.07) is 18.9. The summed E-state index contributed by atoms with van der Waals surface area (Å²) in [4.78, 5) is 15.1. The number of halogens is 1. The van der Waals surface area contributed by atoms with Crippen molar-refractivity contribution in [2.24, 2.45) is 0 Å². The number of sulfonamides is 1. The van der Waals surface area contributed by atoms with E-state index in [9.17, 15) is 17.6 Å². The van der Waals surface area contributed by atoms with Gasteiger partial charge in [-0.05, 0) is 73.0 Å². The smallest absolute Gasteiger partial charge is 0.264 e. The van der Waals surface area contributed by atoms with Crippen LogP contribution in [0.2, 0.25) is 0 Å². The zero-order valence-corrected chi connectivity index (χ0v) is 19.3. The Morgan fingerprint density at radius 3 is 2.30 bits per heavy atom. The number of carbonyl (C=O) groups is 1. The molecule has 0 aliphatic heterocycles. The Bertz CT molecular complexity index is 1240. The second-order valence-electron chi connectivity index (χ2n) is 7.99. The normalized spacial score (nSPS) is 13.4. The van der Waals surface area contributed by atoms with E-state index in [1.165, 1.54) is 35.6 Å². The van der Waals surface area contributed by atoms with E-state index in [1.807, 2.05) is 0 Å².